The fourth-order valence-corrected chi connectivity index (χ4v) is 14.1. The number of likely N-dealkylation sites (tertiary alicyclic amines) is 6. The second kappa shape index (κ2) is 76.1. The Morgan fingerprint density at radius 1 is 0.528 bits per heavy atom. The second-order valence-corrected chi connectivity index (χ2v) is 28.9. The molecule has 24 nitrogen and oxygen atoms in total. The first kappa shape index (κ1) is 123. The summed E-state index contributed by atoms with van der Waals surface area (Å²) >= 11 is 0. The fraction of sp³-hybridized carbons (Fsp3) is 0.464. The van der Waals surface area contributed by atoms with E-state index in [1.54, 1.807) is 82.4 Å². The Hall–Kier alpha value is -7.93. The Morgan fingerprint density at radius 3 is 1.16 bits per heavy atom. The maximum atomic E-state index is 12.0. The fourth-order valence-electron chi connectivity index (χ4n) is 14.1. The van der Waals surface area contributed by atoms with Crippen LogP contribution in [0.4, 0.5) is 0 Å². The van der Waals surface area contributed by atoms with E-state index in [1.165, 1.54) is 166 Å². The van der Waals surface area contributed by atoms with Crippen LogP contribution in [-0.2, 0) is 19.1 Å². The minimum atomic E-state index is -0.567. The van der Waals surface area contributed by atoms with Crippen molar-refractivity contribution in [3.05, 3.63) is 278 Å². The summed E-state index contributed by atoms with van der Waals surface area (Å²) in [7, 11) is 8.74. The molecule has 16 rings (SSSR count). The minimum absolute atomic E-state index is 0. The van der Waals surface area contributed by atoms with Crippen molar-refractivity contribution in [1.29, 1.82) is 0 Å². The third kappa shape index (κ3) is 48.7. The first-order valence-electron chi connectivity index (χ1n) is 41.4. The number of amides is 2. The van der Waals surface area contributed by atoms with Gasteiger partial charge >= 0.3 is 65.1 Å². The molecule has 675 valence electrons. The average Bonchev–Trinajstić information content (AvgIpc) is 1.70. The molecule has 7 saturated heterocycles. The molecule has 0 spiro atoms. The smallest absolute Gasteiger partial charge is 1.00 e. The van der Waals surface area contributed by atoms with Gasteiger partial charge in [0.25, 0.3) is 6.47 Å². The van der Waals surface area contributed by atoms with Crippen LogP contribution in [0.25, 0.3) is 0 Å². The van der Waals surface area contributed by atoms with Gasteiger partial charge in [0.1, 0.15) is 5.92 Å². The normalized spacial score (nSPS) is 18.3. The van der Waals surface area contributed by atoms with Crippen molar-refractivity contribution in [2.75, 3.05) is 100 Å². The first-order chi connectivity index (χ1) is 57.3. The number of nitrogens with zero attached hydrogens (tertiary/aromatic N) is 13. The number of aliphatic imine (C=N–C) groups is 1. The summed E-state index contributed by atoms with van der Waals surface area (Å²) in [6.45, 7) is 24.4. The van der Waals surface area contributed by atoms with Crippen LogP contribution in [0.2, 0.25) is 0 Å². The van der Waals surface area contributed by atoms with Gasteiger partial charge in [-0.2, -0.15) is 0 Å². The van der Waals surface area contributed by atoms with Gasteiger partial charge < -0.3 is 41.7 Å². The maximum Gasteiger partial charge on any atom is 1.00 e. The Balaban J connectivity index is -0.000000426. The molecular formula is C97H145BClN14Na2O10. The maximum absolute atomic E-state index is 12.0. The predicted molar refractivity (Wildman–Crippen MR) is 502 cm³/mol. The van der Waals surface area contributed by atoms with Crippen molar-refractivity contribution in [3.8, 4) is 0 Å². The number of pyridine rings is 6. The number of nitrogens with one attached hydrogen (secondary N) is 1. The van der Waals surface area contributed by atoms with Gasteiger partial charge in [0.2, 0.25) is 11.8 Å². The molecule has 28 heteroatoms. The van der Waals surface area contributed by atoms with E-state index in [4.69, 9.17) is 30.0 Å². The minimum Gasteiger partial charge on any atom is -1.00 e. The molecule has 125 heavy (non-hydrogen) atoms. The predicted octanol–water partition coefficient (Wildman–Crippen LogP) is 10.6. The van der Waals surface area contributed by atoms with Crippen molar-refractivity contribution >= 4 is 56.6 Å². The number of rotatable bonds is 12. The third-order valence-electron chi connectivity index (χ3n) is 19.8. The van der Waals surface area contributed by atoms with Crippen LogP contribution in [0.1, 0.15) is 239 Å². The number of esters is 1. The van der Waals surface area contributed by atoms with E-state index in [1.807, 2.05) is 79.9 Å². The third-order valence-corrected chi connectivity index (χ3v) is 19.8. The number of carboxylic acid groups (broad SMARTS) is 1. The van der Waals surface area contributed by atoms with Gasteiger partial charge in [0.05, 0.1) is 12.2 Å². The van der Waals surface area contributed by atoms with E-state index < -0.39 is 5.92 Å². The number of hydrogen-bond donors (Lipinski definition) is 4. The number of halogens is 1. The van der Waals surface area contributed by atoms with E-state index in [0.29, 0.717) is 67.3 Å². The quantitative estimate of drug-likeness (QED) is 0.0290. The zero-order valence-corrected chi connectivity index (χ0v) is 79.0. The SMILES string of the molecule is C.C.C.C=CN1CCC(C(=O)c2cccnc2)C1=O.C=CN1CCCC1=O.CC(C)O.CCO.CCOC(=O)c1cccnc1.CC[O-].CN1CCCC1c1cccnc1.CN1CCCC1c1cccnc1.CN1CCC[C@@H]1c1cccnc1.CN1CCC[C@H]1c1cccnc1.Cl.O=CO.[B].[H-].[Na+].[Na+].c1ccc(C2=NCCC2)cc1.c1ccc(C2CCCN2)cc1. The molecule has 0 aliphatic carbocycles. The van der Waals surface area contributed by atoms with Crippen LogP contribution in [0.3, 0.4) is 0 Å². The van der Waals surface area contributed by atoms with Gasteiger partial charge in [0, 0.05) is 163 Å². The molecular weight excluding hydrogens is 1610 g/mol. The largest absolute Gasteiger partial charge is 1.00 e. The number of benzene rings is 2. The van der Waals surface area contributed by atoms with Crippen molar-refractivity contribution < 1.29 is 110 Å². The van der Waals surface area contributed by atoms with Gasteiger partial charge in [0.15, 0.2) is 5.78 Å². The second-order valence-electron chi connectivity index (χ2n) is 28.9. The van der Waals surface area contributed by atoms with Crippen LogP contribution < -0.4 is 69.5 Å². The van der Waals surface area contributed by atoms with Crippen LogP contribution in [0, 0.1) is 5.92 Å². The number of hydrogen-bond acceptors (Lipinski definition) is 21. The van der Waals surface area contributed by atoms with Gasteiger partial charge in [-0.05, 0) is 273 Å². The van der Waals surface area contributed by atoms with Crippen molar-refractivity contribution in [1.82, 2.24) is 64.6 Å². The number of ketones is 1. The van der Waals surface area contributed by atoms with Gasteiger partial charge in [-0.1, -0.05) is 127 Å². The monoisotopic (exact) mass is 1760 g/mol. The number of carbonyl (C=O) groups excluding carboxylic acids is 4. The number of Topliss-reactive ketones (excluding diaryl/α,β-unsaturated/α-hetero) is 1. The van der Waals surface area contributed by atoms with Gasteiger partial charge in [-0.25, -0.2) is 4.79 Å². The summed E-state index contributed by atoms with van der Waals surface area (Å²) in [5.74, 6) is -0.992. The number of ether oxygens (including phenoxy) is 1. The zero-order valence-electron chi connectivity index (χ0n) is 75.2. The van der Waals surface area contributed by atoms with E-state index in [2.05, 4.69) is 180 Å². The number of carbonyl (C=O) groups is 5. The zero-order chi connectivity index (χ0) is 85.9. The standard InChI is InChI=1S/C12H12N2O2.4C10H14N2.C10H13N.C10H11N.C8H9NO2.C6H9NO.C3H8O.C2H6O.C2H5O.CH2O2.3CH4.B.ClH.2Na.H/c1-2-14-7-5-10(12(14)16)11(15)9-4-3-6-13-8-9;4*1-12-7-3-5-10(12)9-4-2-6-11-8-9;2*1-2-5-9(6-3-1)10-7-4-8-11-10;1-2-11-8(10)7-4-3-5-9-6-7;1-2-7-5-3-4-6(7)8;1-3(2)4;2*1-2-3;2-1-3;;;;;;;;/h2-4,6,8,10H,1,5,7H2;4*2,4,6,8,10H,3,5,7H2,1H3;1-3,5-6,10-11H,4,7-8H2;1-3,5-6H,4,7-8H2;3-6H,2H2,1H3;2H,1,3-5H2;3-4H,1-2H3;3H,2H2,1H3;2H2,1H3;1H,(H,2,3);3*1H4;;1H;;;/q;;;;;;;;;;;-1;;;;;;;2*+1;-1/t;2*10-;;;;;;;;;;;;;;;;;;/m.10................../s1. The molecule has 6 aromatic heterocycles. The molecule has 2 aromatic carbocycles. The number of aliphatic hydroxyl groups excluding tert-OH is 2. The van der Waals surface area contributed by atoms with Crippen molar-refractivity contribution in [2.24, 2.45) is 10.9 Å². The molecule has 8 aromatic rings. The van der Waals surface area contributed by atoms with Crippen LogP contribution in [0.15, 0.2) is 238 Å². The van der Waals surface area contributed by atoms with Crippen molar-refractivity contribution in [3.63, 3.8) is 0 Å². The van der Waals surface area contributed by atoms with E-state index in [0.717, 1.165) is 25.9 Å². The van der Waals surface area contributed by atoms with E-state index >= 15 is 0 Å². The van der Waals surface area contributed by atoms with E-state index in [-0.39, 0.29) is 153 Å². The Morgan fingerprint density at radius 2 is 0.888 bits per heavy atom. The number of aromatic nitrogens is 6. The summed E-state index contributed by atoms with van der Waals surface area (Å²) in [6, 6.07) is 47.6. The molecule has 0 bridgehead atoms. The summed E-state index contributed by atoms with van der Waals surface area (Å²) in [5.41, 5.74) is 10.4. The van der Waals surface area contributed by atoms with Crippen LogP contribution >= 0.6 is 12.4 Å². The Labute approximate surface area is 803 Å². The van der Waals surface area contributed by atoms with Gasteiger partial charge in [-0.15, -0.1) is 19.0 Å². The summed E-state index contributed by atoms with van der Waals surface area (Å²) in [6.07, 6.45) is 42.0. The first-order valence-corrected chi connectivity index (χ1v) is 41.4. The molecule has 6 atom stereocenters. The summed E-state index contributed by atoms with van der Waals surface area (Å²) in [4.78, 5) is 95.1. The molecule has 2 amide bonds. The molecule has 4 unspecified atom stereocenters. The molecule has 7 fully saturated rings. The van der Waals surface area contributed by atoms with E-state index in [9.17, 15) is 19.2 Å². The molecule has 14 heterocycles. The molecule has 0 saturated carbocycles. The molecule has 8 aliphatic heterocycles. The average molecular weight is 1760 g/mol. The Bertz CT molecular complexity index is 3790. The van der Waals surface area contributed by atoms with Crippen LogP contribution in [-0.4, -0.2) is 225 Å². The summed E-state index contributed by atoms with van der Waals surface area (Å²) < 4.78 is 4.75. The molecule has 4 N–H and O–H groups in total. The molecule has 8 aliphatic rings. The number of aliphatic hydroxyl groups is 2. The topological polar surface area (TPSA) is 300 Å². The van der Waals surface area contributed by atoms with Crippen LogP contribution in [0.5, 0.6) is 0 Å². The van der Waals surface area contributed by atoms with Gasteiger partial charge in [-0.3, -0.25) is 73.7 Å². The molecule has 3 radical (unpaired) electrons. The van der Waals surface area contributed by atoms with Crippen molar-refractivity contribution in [2.45, 2.75) is 190 Å². The summed E-state index contributed by atoms with van der Waals surface area (Å²) in [5, 5.41) is 34.9. The Kier molecular flexibility index (Phi) is 75.2.